The Morgan fingerprint density at radius 3 is 1.65 bits per heavy atom. The normalized spacial score (nSPS) is 9.75. The van der Waals surface area contributed by atoms with Gasteiger partial charge in [-0.05, 0) is 0 Å². The molecule has 0 atom stereocenters. The molecule has 40 heavy (non-hydrogen) atoms. The topological polar surface area (TPSA) is 6.48 Å². The first-order valence-electron chi connectivity index (χ1n) is 12.8. The summed E-state index contributed by atoms with van der Waals surface area (Å²) in [6.07, 6.45) is 0. The Hall–Kier alpha value is -2.97. The molecule has 0 aliphatic heterocycles. The van der Waals surface area contributed by atoms with Gasteiger partial charge in [0.1, 0.15) is 0 Å². The molecular formula is C35H34Cl2N2Zr-2. The molecule has 0 saturated heterocycles. The van der Waals surface area contributed by atoms with E-state index in [4.69, 9.17) is 0 Å². The summed E-state index contributed by atoms with van der Waals surface area (Å²) in [6, 6.07) is 46.6. The zero-order chi connectivity index (χ0) is 26.9. The van der Waals surface area contributed by atoms with Crippen LogP contribution in [0.2, 0.25) is 0 Å². The molecule has 0 saturated carbocycles. The molecule has 0 bridgehead atoms. The summed E-state index contributed by atoms with van der Waals surface area (Å²) in [5.41, 5.74) is 5.19. The van der Waals surface area contributed by atoms with Gasteiger partial charge in [0, 0.05) is 39.6 Å². The Morgan fingerprint density at radius 1 is 0.600 bits per heavy atom. The first-order chi connectivity index (χ1) is 18.5. The summed E-state index contributed by atoms with van der Waals surface area (Å²) in [6.45, 7) is 0. The van der Waals surface area contributed by atoms with Crippen LogP contribution in [0.3, 0.4) is 0 Å². The third-order valence-corrected chi connectivity index (χ3v) is 7.79. The Balaban J connectivity index is 0.000000235. The average molecular weight is 645 g/mol. The van der Waals surface area contributed by atoms with E-state index in [1.54, 1.807) is 0 Å². The summed E-state index contributed by atoms with van der Waals surface area (Å²) >= 11 is 1.46. The minimum atomic E-state index is 0. The number of anilines is 2. The van der Waals surface area contributed by atoms with E-state index >= 15 is 0 Å². The molecule has 0 fully saturated rings. The van der Waals surface area contributed by atoms with Crippen LogP contribution in [0.1, 0.15) is 11.1 Å². The maximum absolute atomic E-state index is 2.28. The first kappa shape index (κ1) is 33.2. The SMILES string of the molecule is CN(C)c1ccc2c(c1)[cH-]c1cccc(N(C)C)c12.[Cl-].[Cl-].[Zr+2]=[C](c1ccccc1)c1ccccc1.c1cc[cH-]c1. The van der Waals surface area contributed by atoms with Crippen LogP contribution in [0.5, 0.6) is 0 Å². The third-order valence-electron chi connectivity index (χ3n) is 6.37. The van der Waals surface area contributed by atoms with E-state index in [1.165, 1.54) is 71.5 Å². The van der Waals surface area contributed by atoms with Crippen molar-refractivity contribution in [2.75, 3.05) is 38.0 Å². The largest absolute Gasteiger partial charge is 0.214 e. The van der Waals surface area contributed by atoms with Crippen LogP contribution >= 0.6 is 0 Å². The number of fused-ring (bicyclic) bond motifs is 3. The summed E-state index contributed by atoms with van der Waals surface area (Å²) in [5, 5.41) is 5.32. The van der Waals surface area contributed by atoms with E-state index in [0.717, 1.165) is 0 Å². The van der Waals surface area contributed by atoms with E-state index in [-0.39, 0.29) is 24.8 Å². The molecule has 0 spiro atoms. The predicted molar refractivity (Wildman–Crippen MR) is 164 cm³/mol. The molecule has 0 radical (unpaired) electrons. The van der Waals surface area contributed by atoms with Crippen molar-refractivity contribution in [2.45, 2.75) is 0 Å². The number of halogens is 2. The second kappa shape index (κ2) is 16.3. The summed E-state index contributed by atoms with van der Waals surface area (Å²) in [7, 11) is 8.35. The zero-order valence-electron chi connectivity index (χ0n) is 23.4. The number of hydrogen-bond donors (Lipinski definition) is 0. The molecule has 6 aromatic carbocycles. The van der Waals surface area contributed by atoms with E-state index in [2.05, 4.69) is 141 Å². The van der Waals surface area contributed by atoms with Gasteiger partial charge in [0.2, 0.25) is 0 Å². The molecule has 6 aromatic rings. The number of benzene rings is 4. The minimum Gasteiger partial charge on any atom is -0.214 e. The van der Waals surface area contributed by atoms with Crippen LogP contribution in [-0.2, 0) is 24.2 Å². The molecule has 2 nitrogen and oxygen atoms in total. The fraction of sp³-hybridized carbons (Fsp3) is 0.114. The molecule has 6 rings (SSSR count). The Labute approximate surface area is 266 Å². The van der Waals surface area contributed by atoms with Crippen LogP contribution in [0, 0.1) is 0 Å². The van der Waals surface area contributed by atoms with E-state index in [9.17, 15) is 0 Å². The fourth-order valence-corrected chi connectivity index (χ4v) is 5.20. The van der Waals surface area contributed by atoms with Crippen molar-refractivity contribution in [3.63, 3.8) is 0 Å². The van der Waals surface area contributed by atoms with Crippen molar-refractivity contribution in [2.24, 2.45) is 0 Å². The van der Waals surface area contributed by atoms with Crippen LogP contribution < -0.4 is 34.6 Å². The quantitative estimate of drug-likeness (QED) is 0.272. The van der Waals surface area contributed by atoms with Crippen LogP contribution in [-0.4, -0.2) is 31.4 Å². The number of nitrogens with zero attached hydrogens (tertiary/aromatic N) is 2. The molecular weight excluding hydrogens is 611 g/mol. The second-order valence-electron chi connectivity index (χ2n) is 9.52. The molecule has 0 aliphatic rings. The van der Waals surface area contributed by atoms with Gasteiger partial charge in [0.25, 0.3) is 0 Å². The Morgan fingerprint density at radius 2 is 1.18 bits per heavy atom. The predicted octanol–water partition coefficient (Wildman–Crippen LogP) is 2.06. The molecule has 0 heterocycles. The van der Waals surface area contributed by atoms with Crippen molar-refractivity contribution in [1.29, 1.82) is 0 Å². The van der Waals surface area contributed by atoms with E-state index in [0.29, 0.717) is 0 Å². The van der Waals surface area contributed by atoms with Gasteiger partial charge < -0.3 is 34.6 Å². The molecule has 0 unspecified atom stereocenters. The Bertz CT molecular complexity index is 1510. The molecule has 204 valence electrons. The van der Waals surface area contributed by atoms with Gasteiger partial charge in [-0.2, -0.15) is 18.2 Å². The van der Waals surface area contributed by atoms with Crippen LogP contribution in [0.25, 0.3) is 21.5 Å². The van der Waals surface area contributed by atoms with Crippen molar-refractivity contribution < 1.29 is 49.0 Å². The van der Waals surface area contributed by atoms with Crippen molar-refractivity contribution in [1.82, 2.24) is 0 Å². The van der Waals surface area contributed by atoms with Crippen molar-refractivity contribution in [3.05, 3.63) is 145 Å². The zero-order valence-corrected chi connectivity index (χ0v) is 27.3. The fourth-order valence-electron chi connectivity index (χ4n) is 4.38. The third kappa shape index (κ3) is 8.51. The second-order valence-corrected chi connectivity index (χ2v) is 10.7. The molecule has 5 heteroatoms. The van der Waals surface area contributed by atoms with Gasteiger partial charge in [0.05, 0.1) is 0 Å². The monoisotopic (exact) mass is 642 g/mol. The minimum absolute atomic E-state index is 0. The van der Waals surface area contributed by atoms with Gasteiger partial charge in [-0.3, -0.25) is 0 Å². The molecule has 0 N–H and O–H groups in total. The van der Waals surface area contributed by atoms with Gasteiger partial charge >= 0.3 is 99.2 Å². The van der Waals surface area contributed by atoms with Crippen molar-refractivity contribution in [3.8, 4) is 0 Å². The summed E-state index contributed by atoms with van der Waals surface area (Å²) in [4.78, 5) is 4.32. The summed E-state index contributed by atoms with van der Waals surface area (Å²) < 4.78 is 1.42. The van der Waals surface area contributed by atoms with E-state index in [1.807, 2.05) is 30.3 Å². The van der Waals surface area contributed by atoms with Crippen molar-refractivity contribution >= 4 is 36.1 Å². The van der Waals surface area contributed by atoms with Gasteiger partial charge in [-0.1, -0.05) is 35.7 Å². The summed E-state index contributed by atoms with van der Waals surface area (Å²) in [5.74, 6) is 0. The molecule has 0 aliphatic carbocycles. The smallest absolute Gasteiger partial charge is 0.172 e. The average Bonchev–Trinajstić information content (AvgIpc) is 3.65. The van der Waals surface area contributed by atoms with Crippen LogP contribution in [0.15, 0.2) is 133 Å². The maximum Gasteiger partial charge on any atom is -0.172 e. The van der Waals surface area contributed by atoms with Gasteiger partial charge in [-0.15, -0.1) is 28.3 Å². The molecule has 0 aromatic heterocycles. The number of hydrogen-bond acceptors (Lipinski definition) is 2. The number of rotatable bonds is 4. The standard InChI is InChI=1S/C17H19N2.C13H10.C5H5.2ClH.Zr/c1-18(2)14-8-9-15-13(11-14)10-12-6-5-7-16(17(12)15)19(3)4;1-3-7-12(8-4-1)11-13-9-5-2-6-10-13;1-2-4-5-3-1;;;/h5-11H,1-4H3;1-10H;1-5H;2*1H;/q-1;;-1;;;+2/p-2. The van der Waals surface area contributed by atoms with E-state index < -0.39 is 0 Å². The first-order valence-corrected chi connectivity index (χ1v) is 14.0. The van der Waals surface area contributed by atoms with Gasteiger partial charge in [0.15, 0.2) is 0 Å². The van der Waals surface area contributed by atoms with Gasteiger partial charge in [-0.25, -0.2) is 12.1 Å². The van der Waals surface area contributed by atoms with Crippen LogP contribution in [0.4, 0.5) is 11.4 Å². The molecule has 0 amide bonds. The maximum atomic E-state index is 2.28. The Kier molecular flexibility index (Phi) is 13.6.